The molecule has 0 unspecified atom stereocenters. The molecule has 2 rings (SSSR count). The SMILES string of the molecule is CCc1nsc(N2CC(CN)C2)n1. The Balaban J connectivity index is 1.95. The lowest BCUT2D eigenvalue weighted by molar-refractivity contribution is 0.419. The van der Waals surface area contributed by atoms with E-state index in [4.69, 9.17) is 5.73 Å². The third-order valence-electron chi connectivity index (χ3n) is 2.33. The topological polar surface area (TPSA) is 55.0 Å². The standard InChI is InChI=1S/C8H14N4S/c1-2-7-10-8(13-11-7)12-4-6(3-9)5-12/h6H,2-5,9H2,1H3. The normalized spacial score (nSPS) is 17.5. The summed E-state index contributed by atoms with van der Waals surface area (Å²) < 4.78 is 4.25. The molecular weight excluding hydrogens is 184 g/mol. The Morgan fingerprint density at radius 3 is 2.92 bits per heavy atom. The summed E-state index contributed by atoms with van der Waals surface area (Å²) in [6.07, 6.45) is 0.921. The molecule has 1 aliphatic rings. The van der Waals surface area contributed by atoms with Crippen LogP contribution in [0.2, 0.25) is 0 Å². The molecule has 1 aromatic rings. The maximum atomic E-state index is 5.55. The average Bonchev–Trinajstić information content (AvgIpc) is 2.51. The summed E-state index contributed by atoms with van der Waals surface area (Å²) >= 11 is 1.49. The fourth-order valence-corrected chi connectivity index (χ4v) is 2.16. The van der Waals surface area contributed by atoms with Gasteiger partial charge in [-0.2, -0.15) is 4.37 Å². The number of aryl methyl sites for hydroxylation is 1. The lowest BCUT2D eigenvalue weighted by Crippen LogP contribution is -2.49. The van der Waals surface area contributed by atoms with Gasteiger partial charge in [0, 0.05) is 37.0 Å². The van der Waals surface area contributed by atoms with Gasteiger partial charge in [0.2, 0.25) is 5.13 Å². The summed E-state index contributed by atoms with van der Waals surface area (Å²) in [6.45, 7) is 4.96. The molecule has 0 bridgehead atoms. The highest BCUT2D eigenvalue weighted by molar-refractivity contribution is 7.09. The largest absolute Gasteiger partial charge is 0.346 e. The van der Waals surface area contributed by atoms with Gasteiger partial charge in [-0.05, 0) is 6.54 Å². The quantitative estimate of drug-likeness (QED) is 0.768. The van der Waals surface area contributed by atoms with E-state index in [2.05, 4.69) is 21.2 Å². The summed E-state index contributed by atoms with van der Waals surface area (Å²) in [5.74, 6) is 1.62. The third-order valence-corrected chi connectivity index (χ3v) is 3.15. The molecule has 1 aromatic heterocycles. The highest BCUT2D eigenvalue weighted by atomic mass is 32.1. The van der Waals surface area contributed by atoms with Crippen molar-refractivity contribution in [1.82, 2.24) is 9.36 Å². The van der Waals surface area contributed by atoms with Crippen LogP contribution in [0.3, 0.4) is 0 Å². The van der Waals surface area contributed by atoms with E-state index in [0.29, 0.717) is 5.92 Å². The second-order valence-electron chi connectivity index (χ2n) is 3.35. The first-order valence-electron chi connectivity index (χ1n) is 4.61. The zero-order valence-electron chi connectivity index (χ0n) is 7.73. The van der Waals surface area contributed by atoms with Gasteiger partial charge in [-0.1, -0.05) is 6.92 Å². The van der Waals surface area contributed by atoms with Gasteiger partial charge in [0.25, 0.3) is 0 Å². The summed E-state index contributed by atoms with van der Waals surface area (Å²) in [5.41, 5.74) is 5.55. The van der Waals surface area contributed by atoms with Crippen LogP contribution in [0.25, 0.3) is 0 Å². The zero-order chi connectivity index (χ0) is 9.26. The molecular formula is C8H14N4S. The van der Waals surface area contributed by atoms with Gasteiger partial charge in [-0.15, -0.1) is 0 Å². The molecule has 13 heavy (non-hydrogen) atoms. The number of anilines is 1. The smallest absolute Gasteiger partial charge is 0.205 e. The van der Waals surface area contributed by atoms with Gasteiger partial charge in [-0.3, -0.25) is 0 Å². The first-order valence-corrected chi connectivity index (χ1v) is 5.38. The Kier molecular flexibility index (Phi) is 2.46. The number of aromatic nitrogens is 2. The molecule has 0 aromatic carbocycles. The van der Waals surface area contributed by atoms with Crippen LogP contribution >= 0.6 is 11.5 Å². The van der Waals surface area contributed by atoms with Crippen LogP contribution in [-0.4, -0.2) is 29.0 Å². The molecule has 2 heterocycles. The van der Waals surface area contributed by atoms with Crippen LogP contribution in [0.15, 0.2) is 0 Å². The highest BCUT2D eigenvalue weighted by Crippen LogP contribution is 2.25. The molecule has 0 saturated carbocycles. The van der Waals surface area contributed by atoms with Crippen molar-refractivity contribution in [3.63, 3.8) is 0 Å². The van der Waals surface area contributed by atoms with E-state index in [1.54, 1.807) is 0 Å². The van der Waals surface area contributed by atoms with Crippen molar-refractivity contribution in [1.29, 1.82) is 0 Å². The molecule has 1 fully saturated rings. The minimum Gasteiger partial charge on any atom is -0.346 e. The molecule has 5 heteroatoms. The van der Waals surface area contributed by atoms with Crippen molar-refractivity contribution in [2.24, 2.45) is 11.7 Å². The van der Waals surface area contributed by atoms with E-state index in [1.807, 2.05) is 0 Å². The van der Waals surface area contributed by atoms with Crippen molar-refractivity contribution >= 4 is 16.7 Å². The van der Waals surface area contributed by atoms with Crippen molar-refractivity contribution < 1.29 is 0 Å². The molecule has 0 atom stereocenters. The van der Waals surface area contributed by atoms with E-state index in [9.17, 15) is 0 Å². The number of rotatable bonds is 3. The zero-order valence-corrected chi connectivity index (χ0v) is 8.55. The molecule has 0 spiro atoms. The third kappa shape index (κ3) is 1.66. The van der Waals surface area contributed by atoms with E-state index in [1.165, 1.54) is 11.5 Å². The van der Waals surface area contributed by atoms with Crippen LogP contribution in [0.5, 0.6) is 0 Å². The second-order valence-corrected chi connectivity index (χ2v) is 4.08. The van der Waals surface area contributed by atoms with Crippen LogP contribution in [0.4, 0.5) is 5.13 Å². The van der Waals surface area contributed by atoms with Crippen molar-refractivity contribution in [2.45, 2.75) is 13.3 Å². The van der Waals surface area contributed by atoms with Crippen molar-refractivity contribution in [3.05, 3.63) is 5.82 Å². The molecule has 0 aliphatic carbocycles. The number of nitrogens with zero attached hydrogens (tertiary/aromatic N) is 3. The van der Waals surface area contributed by atoms with Crippen LogP contribution < -0.4 is 10.6 Å². The monoisotopic (exact) mass is 198 g/mol. The van der Waals surface area contributed by atoms with Gasteiger partial charge in [0.1, 0.15) is 5.82 Å². The summed E-state index contributed by atoms with van der Waals surface area (Å²) in [4.78, 5) is 6.66. The van der Waals surface area contributed by atoms with Crippen LogP contribution in [-0.2, 0) is 6.42 Å². The molecule has 72 valence electrons. The van der Waals surface area contributed by atoms with E-state index >= 15 is 0 Å². The Morgan fingerprint density at radius 2 is 2.38 bits per heavy atom. The Labute approximate surface area is 81.9 Å². The number of hydrogen-bond donors (Lipinski definition) is 1. The Bertz CT molecular complexity index is 279. The lowest BCUT2D eigenvalue weighted by Gasteiger charge is -2.38. The van der Waals surface area contributed by atoms with E-state index < -0.39 is 0 Å². The minimum absolute atomic E-state index is 0.661. The predicted octanol–water partition coefficient (Wildman–Crippen LogP) is 0.495. The van der Waals surface area contributed by atoms with Crippen LogP contribution in [0, 0.1) is 5.92 Å². The predicted molar refractivity (Wildman–Crippen MR) is 54.0 cm³/mol. The minimum atomic E-state index is 0.661. The second kappa shape index (κ2) is 3.59. The molecule has 2 N–H and O–H groups in total. The van der Waals surface area contributed by atoms with E-state index in [-0.39, 0.29) is 0 Å². The van der Waals surface area contributed by atoms with Gasteiger partial charge in [0.15, 0.2) is 0 Å². The summed E-state index contributed by atoms with van der Waals surface area (Å²) in [5, 5.41) is 1.06. The molecule has 1 aliphatic heterocycles. The average molecular weight is 198 g/mol. The first kappa shape index (κ1) is 8.90. The van der Waals surface area contributed by atoms with E-state index in [0.717, 1.165) is 37.0 Å². The molecule has 0 radical (unpaired) electrons. The summed E-state index contributed by atoms with van der Waals surface area (Å²) in [7, 11) is 0. The molecule has 0 amide bonds. The number of nitrogens with two attached hydrogens (primary N) is 1. The van der Waals surface area contributed by atoms with Crippen LogP contribution in [0.1, 0.15) is 12.7 Å². The maximum absolute atomic E-state index is 5.55. The Hall–Kier alpha value is -0.680. The lowest BCUT2D eigenvalue weighted by atomic mass is 10.0. The van der Waals surface area contributed by atoms with Gasteiger partial charge >= 0.3 is 0 Å². The van der Waals surface area contributed by atoms with Crippen molar-refractivity contribution in [3.8, 4) is 0 Å². The summed E-state index contributed by atoms with van der Waals surface area (Å²) in [6, 6.07) is 0. The van der Waals surface area contributed by atoms with Gasteiger partial charge in [0.05, 0.1) is 0 Å². The van der Waals surface area contributed by atoms with Gasteiger partial charge < -0.3 is 10.6 Å². The first-order chi connectivity index (χ1) is 6.33. The van der Waals surface area contributed by atoms with Gasteiger partial charge in [-0.25, -0.2) is 4.98 Å². The Morgan fingerprint density at radius 1 is 1.62 bits per heavy atom. The molecule has 1 saturated heterocycles. The molecule has 4 nitrogen and oxygen atoms in total. The fourth-order valence-electron chi connectivity index (χ4n) is 1.39. The maximum Gasteiger partial charge on any atom is 0.205 e. The fraction of sp³-hybridized carbons (Fsp3) is 0.750. The highest BCUT2D eigenvalue weighted by Gasteiger charge is 2.27. The number of hydrogen-bond acceptors (Lipinski definition) is 5. The van der Waals surface area contributed by atoms with Crippen molar-refractivity contribution in [2.75, 3.05) is 24.5 Å².